The minimum Gasteiger partial charge on any atom is -0.497 e. The van der Waals surface area contributed by atoms with Gasteiger partial charge < -0.3 is 20.1 Å². The molecule has 11 heteroatoms. The van der Waals surface area contributed by atoms with Gasteiger partial charge in [0, 0.05) is 31.4 Å². The lowest BCUT2D eigenvalue weighted by Gasteiger charge is -2.15. The van der Waals surface area contributed by atoms with Gasteiger partial charge in [-0.25, -0.2) is 14.2 Å². The Morgan fingerprint density at radius 1 is 1.00 bits per heavy atom. The first-order chi connectivity index (χ1) is 18.5. The summed E-state index contributed by atoms with van der Waals surface area (Å²) in [6.07, 6.45) is 0.709. The highest BCUT2D eigenvalue weighted by atomic mass is 35.5. The molecule has 0 aliphatic rings. The van der Waals surface area contributed by atoms with Crippen molar-refractivity contribution in [1.82, 2.24) is 15.3 Å². The van der Waals surface area contributed by atoms with E-state index in [9.17, 15) is 9.00 Å². The number of aromatic nitrogens is 2. The lowest BCUT2D eigenvalue weighted by molar-refractivity contribution is 0.0944. The molecule has 1 unspecified atom stereocenters. The first kappa shape index (κ1) is 27.3. The standard InChI is InChI=1S/C27H28ClN5O4S/c1-3-37-15-7-14-29-27(34)18-8-6-9-20(16-18)38(35)33-26-25(30-22-10-4-5-11-23(22)31-26)32-24-17-19(36-2)12-13-21(24)28/h4-6,8-13,16-17H,3,7,14-15H2,1-2H3,(H,29,34)(H,30,32)(H,31,33). The molecule has 0 bridgehead atoms. The number of nitrogens with one attached hydrogen (secondary N) is 3. The van der Waals surface area contributed by atoms with Gasteiger partial charge in [0.05, 0.1) is 33.7 Å². The van der Waals surface area contributed by atoms with E-state index in [1.165, 1.54) is 0 Å². The summed E-state index contributed by atoms with van der Waals surface area (Å²) in [4.78, 5) is 22.3. The van der Waals surface area contributed by atoms with Crippen molar-refractivity contribution in [3.63, 3.8) is 0 Å². The van der Waals surface area contributed by atoms with Crippen LogP contribution < -0.4 is 20.1 Å². The predicted octanol–water partition coefficient (Wildman–Crippen LogP) is 5.33. The SMILES string of the molecule is CCOCCCNC(=O)c1cccc(S(=O)Nc2nc3ccccc3nc2Nc2cc(OC)ccc2Cl)c1. The molecule has 4 rings (SSSR count). The van der Waals surface area contributed by atoms with Crippen molar-refractivity contribution in [3.8, 4) is 5.75 Å². The Hall–Kier alpha value is -3.73. The van der Waals surface area contributed by atoms with Crippen LogP contribution in [0.3, 0.4) is 0 Å². The summed E-state index contributed by atoms with van der Waals surface area (Å²) in [6.45, 7) is 3.63. The summed E-state index contributed by atoms with van der Waals surface area (Å²) in [6, 6.07) is 19.2. The van der Waals surface area contributed by atoms with Crippen molar-refractivity contribution in [2.45, 2.75) is 18.2 Å². The normalized spacial score (nSPS) is 11.7. The summed E-state index contributed by atoms with van der Waals surface area (Å²) < 4.78 is 26.9. The minimum atomic E-state index is -1.74. The van der Waals surface area contributed by atoms with E-state index in [4.69, 9.17) is 21.1 Å². The predicted molar refractivity (Wildman–Crippen MR) is 151 cm³/mol. The molecule has 1 aromatic heterocycles. The van der Waals surface area contributed by atoms with Gasteiger partial charge in [-0.15, -0.1) is 0 Å². The van der Waals surface area contributed by atoms with Gasteiger partial charge in [0.2, 0.25) is 0 Å². The third kappa shape index (κ3) is 6.97. The fraction of sp³-hybridized carbons (Fsp3) is 0.222. The molecule has 1 atom stereocenters. The molecule has 0 aliphatic heterocycles. The molecule has 0 fully saturated rings. The summed E-state index contributed by atoms with van der Waals surface area (Å²) >= 11 is 6.39. The van der Waals surface area contributed by atoms with Crippen molar-refractivity contribution in [2.24, 2.45) is 0 Å². The number of ether oxygens (including phenoxy) is 2. The maximum atomic E-state index is 13.3. The highest BCUT2D eigenvalue weighted by molar-refractivity contribution is 7.86. The van der Waals surface area contributed by atoms with Gasteiger partial charge in [0.1, 0.15) is 5.75 Å². The number of amides is 1. The highest BCUT2D eigenvalue weighted by Crippen LogP contribution is 2.32. The zero-order chi connectivity index (χ0) is 26.9. The second-order valence-corrected chi connectivity index (χ2v) is 9.71. The van der Waals surface area contributed by atoms with Crippen LogP contribution >= 0.6 is 11.6 Å². The van der Waals surface area contributed by atoms with E-state index in [1.54, 1.807) is 49.6 Å². The number of hydrogen-bond acceptors (Lipinski definition) is 7. The Kier molecular flexibility index (Phi) is 9.47. The van der Waals surface area contributed by atoms with Gasteiger partial charge in [-0.3, -0.25) is 9.52 Å². The van der Waals surface area contributed by atoms with Gasteiger partial charge in [-0.1, -0.05) is 29.8 Å². The average Bonchev–Trinajstić information content (AvgIpc) is 2.94. The molecule has 1 amide bonds. The second kappa shape index (κ2) is 13.2. The van der Waals surface area contributed by atoms with Crippen molar-refractivity contribution in [3.05, 3.63) is 77.3 Å². The van der Waals surface area contributed by atoms with Crippen molar-refractivity contribution in [1.29, 1.82) is 0 Å². The molecule has 1 heterocycles. The molecule has 0 spiro atoms. The Morgan fingerprint density at radius 3 is 2.50 bits per heavy atom. The van der Waals surface area contributed by atoms with E-state index in [0.717, 1.165) is 0 Å². The molecule has 198 valence electrons. The van der Waals surface area contributed by atoms with Crippen LogP contribution in [0.15, 0.2) is 71.6 Å². The Labute approximate surface area is 228 Å². The molecule has 0 saturated carbocycles. The zero-order valence-corrected chi connectivity index (χ0v) is 22.6. The molecule has 38 heavy (non-hydrogen) atoms. The number of carbonyl (C=O) groups is 1. The zero-order valence-electron chi connectivity index (χ0n) is 21.0. The number of halogens is 1. The van der Waals surface area contributed by atoms with Crippen LogP contribution in [0.5, 0.6) is 5.75 Å². The summed E-state index contributed by atoms with van der Waals surface area (Å²) in [5.74, 6) is 0.944. The topological polar surface area (TPSA) is 114 Å². The maximum absolute atomic E-state index is 13.3. The lowest BCUT2D eigenvalue weighted by Crippen LogP contribution is -2.25. The van der Waals surface area contributed by atoms with Crippen LogP contribution in [-0.4, -0.2) is 47.0 Å². The second-order valence-electron chi connectivity index (χ2n) is 8.09. The van der Waals surface area contributed by atoms with Gasteiger partial charge >= 0.3 is 0 Å². The van der Waals surface area contributed by atoms with E-state index in [1.807, 2.05) is 31.2 Å². The number of nitrogens with zero attached hydrogens (tertiary/aromatic N) is 2. The third-order valence-corrected chi connectivity index (χ3v) is 6.84. The molecular weight excluding hydrogens is 526 g/mol. The molecule has 3 aromatic carbocycles. The highest BCUT2D eigenvalue weighted by Gasteiger charge is 2.16. The van der Waals surface area contributed by atoms with Crippen molar-refractivity contribution in [2.75, 3.05) is 36.9 Å². The summed E-state index contributed by atoms with van der Waals surface area (Å²) in [7, 11) is -0.180. The smallest absolute Gasteiger partial charge is 0.251 e. The van der Waals surface area contributed by atoms with E-state index in [0.29, 0.717) is 69.9 Å². The molecule has 0 radical (unpaired) electrons. The molecular formula is C27H28ClN5O4S. The first-order valence-electron chi connectivity index (χ1n) is 12.0. The Morgan fingerprint density at radius 2 is 1.76 bits per heavy atom. The van der Waals surface area contributed by atoms with Crippen LogP contribution in [0.2, 0.25) is 5.02 Å². The van der Waals surface area contributed by atoms with Crippen LogP contribution in [0.25, 0.3) is 11.0 Å². The number of anilines is 3. The molecule has 9 nitrogen and oxygen atoms in total. The van der Waals surface area contributed by atoms with E-state index >= 15 is 0 Å². The molecule has 0 saturated heterocycles. The van der Waals surface area contributed by atoms with Crippen molar-refractivity contribution >= 4 is 56.9 Å². The first-order valence-corrected chi connectivity index (χ1v) is 13.5. The van der Waals surface area contributed by atoms with Crippen LogP contribution in [0.1, 0.15) is 23.7 Å². The number of methoxy groups -OCH3 is 1. The van der Waals surface area contributed by atoms with Gasteiger partial charge in [0.25, 0.3) is 5.91 Å². The molecule has 4 aromatic rings. The maximum Gasteiger partial charge on any atom is 0.251 e. The summed E-state index contributed by atoms with van der Waals surface area (Å²) in [5.41, 5.74) is 2.22. The number of para-hydroxylation sites is 2. The quantitative estimate of drug-likeness (QED) is 0.203. The lowest BCUT2D eigenvalue weighted by atomic mass is 10.2. The number of rotatable bonds is 12. The number of hydrogen-bond donors (Lipinski definition) is 3. The number of fused-ring (bicyclic) bond motifs is 1. The van der Waals surface area contributed by atoms with E-state index in [-0.39, 0.29) is 11.7 Å². The van der Waals surface area contributed by atoms with Crippen molar-refractivity contribution < 1.29 is 18.5 Å². The van der Waals surface area contributed by atoms with Gasteiger partial charge in [-0.2, -0.15) is 0 Å². The van der Waals surface area contributed by atoms with E-state index in [2.05, 4.69) is 25.3 Å². The Bertz CT molecular complexity index is 1450. The molecule has 3 N–H and O–H groups in total. The number of benzene rings is 3. The van der Waals surface area contributed by atoms with Gasteiger partial charge in [0.15, 0.2) is 22.6 Å². The third-order valence-electron chi connectivity index (χ3n) is 5.45. The van der Waals surface area contributed by atoms with Crippen LogP contribution in [-0.2, 0) is 15.7 Å². The van der Waals surface area contributed by atoms with Crippen LogP contribution in [0, 0.1) is 0 Å². The largest absolute Gasteiger partial charge is 0.497 e. The van der Waals surface area contributed by atoms with E-state index < -0.39 is 11.0 Å². The Balaban J connectivity index is 1.57. The van der Waals surface area contributed by atoms with Gasteiger partial charge in [-0.05, 0) is 55.8 Å². The monoisotopic (exact) mass is 553 g/mol. The summed E-state index contributed by atoms with van der Waals surface area (Å²) in [5, 5.41) is 6.48. The van der Waals surface area contributed by atoms with Crippen LogP contribution in [0.4, 0.5) is 17.3 Å². The molecule has 0 aliphatic carbocycles. The minimum absolute atomic E-state index is 0.249. The average molecular weight is 554 g/mol. The number of carbonyl (C=O) groups excluding carboxylic acids is 1. The fourth-order valence-corrected chi connectivity index (χ4v) is 4.57. The fourth-order valence-electron chi connectivity index (χ4n) is 3.54.